The van der Waals surface area contributed by atoms with Crippen LogP contribution in [0.3, 0.4) is 0 Å². The average molecular weight is 372 g/mol. The van der Waals surface area contributed by atoms with Crippen molar-refractivity contribution in [2.45, 2.75) is 57.1 Å². The predicted molar refractivity (Wildman–Crippen MR) is 96.8 cm³/mol. The van der Waals surface area contributed by atoms with Crippen LogP contribution in [0, 0.1) is 5.92 Å². The highest BCUT2D eigenvalue weighted by molar-refractivity contribution is 7.86. The van der Waals surface area contributed by atoms with E-state index in [9.17, 15) is 22.9 Å². The summed E-state index contributed by atoms with van der Waals surface area (Å²) in [6.07, 6.45) is 9.90. The Morgan fingerprint density at radius 1 is 1.36 bits per heavy atom. The third-order valence-corrected chi connectivity index (χ3v) is 5.43. The van der Waals surface area contributed by atoms with Crippen molar-refractivity contribution in [1.29, 1.82) is 0 Å². The summed E-state index contributed by atoms with van der Waals surface area (Å²) >= 11 is 0. The molecule has 0 saturated carbocycles. The van der Waals surface area contributed by atoms with Gasteiger partial charge in [0.05, 0.1) is 12.4 Å². The van der Waals surface area contributed by atoms with Gasteiger partial charge in [-0.25, -0.2) is 0 Å². The molecule has 0 aromatic carbocycles. The summed E-state index contributed by atoms with van der Waals surface area (Å²) in [6.45, 7) is 2.00. The number of unbranched alkanes of at least 4 members (excludes halogenated alkanes) is 2. The minimum absolute atomic E-state index is 0.0734. The molecule has 0 amide bonds. The molecule has 1 rings (SSSR count). The maximum absolute atomic E-state index is 12.2. The lowest BCUT2D eigenvalue weighted by Gasteiger charge is -2.14. The van der Waals surface area contributed by atoms with Crippen LogP contribution in [0.25, 0.3) is 0 Å². The van der Waals surface area contributed by atoms with E-state index in [4.69, 9.17) is 4.74 Å². The van der Waals surface area contributed by atoms with E-state index in [1.54, 1.807) is 18.2 Å². The molecule has 0 saturated heterocycles. The van der Waals surface area contributed by atoms with E-state index < -0.39 is 15.4 Å². The molecule has 0 bridgehead atoms. The molecule has 6 nitrogen and oxygen atoms in total. The van der Waals surface area contributed by atoms with E-state index in [1.807, 2.05) is 6.92 Å². The molecule has 142 valence electrons. The Hall–Kier alpha value is -1.60. The largest absolute Gasteiger partial charge is 0.508 e. The Morgan fingerprint density at radius 2 is 2.08 bits per heavy atom. The van der Waals surface area contributed by atoms with Gasteiger partial charge < -0.3 is 9.84 Å². The number of aliphatic hydroxyl groups is 1. The van der Waals surface area contributed by atoms with Crippen molar-refractivity contribution in [3.05, 3.63) is 35.8 Å². The van der Waals surface area contributed by atoms with E-state index in [0.717, 1.165) is 12.8 Å². The molecule has 25 heavy (non-hydrogen) atoms. The van der Waals surface area contributed by atoms with Gasteiger partial charge in [-0.1, -0.05) is 32.3 Å². The fourth-order valence-electron chi connectivity index (χ4n) is 2.70. The molecular weight excluding hydrogens is 344 g/mol. The SMILES string of the molecule is CCCCCC(CC(=O)CCC1C=CC(O)=CC(OC)=C1)S(=O)(=O)O. The molecule has 7 heteroatoms. The molecule has 0 heterocycles. The fraction of sp³-hybridized carbons (Fsp3) is 0.611. The molecular formula is C18H28O6S. The highest BCUT2D eigenvalue weighted by atomic mass is 32.2. The zero-order valence-corrected chi connectivity index (χ0v) is 15.7. The number of ether oxygens (including phenoxy) is 1. The summed E-state index contributed by atoms with van der Waals surface area (Å²) in [5.41, 5.74) is 0. The number of Topliss-reactive ketones (excluding diaryl/α,β-unsaturated/α-hetero) is 1. The number of ketones is 1. The van der Waals surface area contributed by atoms with Crippen LogP contribution in [-0.2, 0) is 19.6 Å². The molecule has 0 fully saturated rings. The van der Waals surface area contributed by atoms with Gasteiger partial charge in [-0.2, -0.15) is 8.42 Å². The Kier molecular flexibility index (Phi) is 8.92. The van der Waals surface area contributed by atoms with Crippen LogP contribution in [0.5, 0.6) is 0 Å². The van der Waals surface area contributed by atoms with Gasteiger partial charge in [0.15, 0.2) is 0 Å². The normalized spacial score (nSPS) is 18.9. The first-order chi connectivity index (χ1) is 11.8. The number of methoxy groups -OCH3 is 1. The molecule has 2 N–H and O–H groups in total. The van der Waals surface area contributed by atoms with E-state index >= 15 is 0 Å². The smallest absolute Gasteiger partial charge is 0.268 e. The number of rotatable bonds is 11. The van der Waals surface area contributed by atoms with Crippen LogP contribution in [-0.4, -0.2) is 36.2 Å². The summed E-state index contributed by atoms with van der Waals surface area (Å²) in [7, 11) is -2.72. The van der Waals surface area contributed by atoms with E-state index in [-0.39, 0.29) is 30.3 Å². The number of allylic oxidation sites excluding steroid dienone is 4. The van der Waals surface area contributed by atoms with Crippen molar-refractivity contribution >= 4 is 15.9 Å². The third kappa shape index (κ3) is 8.36. The average Bonchev–Trinajstić information content (AvgIpc) is 2.72. The number of aliphatic hydroxyl groups excluding tert-OH is 1. The van der Waals surface area contributed by atoms with Crippen molar-refractivity contribution < 1.29 is 27.6 Å². The van der Waals surface area contributed by atoms with Crippen molar-refractivity contribution in [3.63, 3.8) is 0 Å². The second-order valence-corrected chi connectivity index (χ2v) is 7.98. The lowest BCUT2D eigenvalue weighted by atomic mass is 9.98. The first-order valence-corrected chi connectivity index (χ1v) is 10.1. The molecule has 0 spiro atoms. The van der Waals surface area contributed by atoms with Gasteiger partial charge in [-0.3, -0.25) is 9.35 Å². The monoisotopic (exact) mass is 372 g/mol. The van der Waals surface area contributed by atoms with Crippen LogP contribution in [0.15, 0.2) is 35.8 Å². The topological polar surface area (TPSA) is 101 Å². The van der Waals surface area contributed by atoms with Crippen molar-refractivity contribution in [1.82, 2.24) is 0 Å². The highest BCUT2D eigenvalue weighted by Crippen LogP contribution is 2.21. The molecule has 1 aliphatic carbocycles. The second kappa shape index (κ2) is 10.4. The third-order valence-electron chi connectivity index (χ3n) is 4.18. The molecule has 0 aliphatic heterocycles. The van der Waals surface area contributed by atoms with Crippen molar-refractivity contribution in [3.8, 4) is 0 Å². The van der Waals surface area contributed by atoms with Crippen LogP contribution in [0.4, 0.5) is 0 Å². The van der Waals surface area contributed by atoms with Crippen LogP contribution in [0.1, 0.15) is 51.9 Å². The Labute approximate surface area is 150 Å². The maximum Gasteiger partial charge on any atom is 0.268 e. The summed E-state index contributed by atoms with van der Waals surface area (Å²) in [5, 5.41) is 8.57. The van der Waals surface area contributed by atoms with Crippen molar-refractivity contribution in [2.24, 2.45) is 5.92 Å². The standard InChI is InChI=1S/C18H28O6S/c1-3-4-5-6-18(25(21,22)23)13-16(20)10-8-14-7-9-15(19)12-17(11-14)24-2/h7,9,11-12,14,18-19H,3-6,8,10,13H2,1-2H3,(H,21,22,23). The summed E-state index contributed by atoms with van der Waals surface area (Å²) in [6, 6.07) is 0. The fourth-order valence-corrected chi connectivity index (χ4v) is 3.56. The van der Waals surface area contributed by atoms with Crippen LogP contribution < -0.4 is 0 Å². The second-order valence-electron chi connectivity index (χ2n) is 6.28. The number of carbonyl (C=O) groups is 1. The van der Waals surface area contributed by atoms with Crippen LogP contribution >= 0.6 is 0 Å². The summed E-state index contributed by atoms with van der Waals surface area (Å²) in [4.78, 5) is 12.2. The molecule has 1 aliphatic rings. The van der Waals surface area contributed by atoms with E-state index in [2.05, 4.69) is 0 Å². The molecule has 0 aromatic rings. The maximum atomic E-state index is 12.2. The molecule has 2 atom stereocenters. The Bertz CT molecular complexity index is 630. The Morgan fingerprint density at radius 3 is 2.68 bits per heavy atom. The zero-order chi connectivity index (χ0) is 18.9. The lowest BCUT2D eigenvalue weighted by Crippen LogP contribution is -2.24. The molecule has 0 aromatic heterocycles. The summed E-state index contributed by atoms with van der Waals surface area (Å²) < 4.78 is 37.4. The lowest BCUT2D eigenvalue weighted by molar-refractivity contribution is -0.119. The van der Waals surface area contributed by atoms with Gasteiger partial charge >= 0.3 is 0 Å². The van der Waals surface area contributed by atoms with Gasteiger partial charge in [0.2, 0.25) is 0 Å². The van der Waals surface area contributed by atoms with Gasteiger partial charge in [-0.05, 0) is 30.9 Å². The number of hydrogen-bond acceptors (Lipinski definition) is 5. The number of carbonyl (C=O) groups excluding carboxylic acids is 1. The summed E-state index contributed by atoms with van der Waals surface area (Å²) in [5.74, 6) is 0.296. The van der Waals surface area contributed by atoms with E-state index in [0.29, 0.717) is 25.0 Å². The Balaban J connectivity index is 2.58. The van der Waals surface area contributed by atoms with Gasteiger partial charge in [0.1, 0.15) is 17.3 Å². The molecule has 2 unspecified atom stereocenters. The minimum Gasteiger partial charge on any atom is -0.508 e. The molecule has 0 radical (unpaired) electrons. The predicted octanol–water partition coefficient (Wildman–Crippen LogP) is 3.72. The minimum atomic E-state index is -4.22. The van der Waals surface area contributed by atoms with Crippen LogP contribution in [0.2, 0.25) is 0 Å². The van der Waals surface area contributed by atoms with Crippen molar-refractivity contribution in [2.75, 3.05) is 7.11 Å². The van der Waals surface area contributed by atoms with Gasteiger partial charge in [0.25, 0.3) is 10.1 Å². The van der Waals surface area contributed by atoms with Gasteiger partial charge in [0, 0.05) is 18.9 Å². The van der Waals surface area contributed by atoms with E-state index in [1.165, 1.54) is 13.2 Å². The number of hydrogen-bond donors (Lipinski definition) is 2. The highest BCUT2D eigenvalue weighted by Gasteiger charge is 2.25. The zero-order valence-electron chi connectivity index (χ0n) is 14.8. The quantitative estimate of drug-likeness (QED) is 0.423. The first-order valence-electron chi connectivity index (χ1n) is 8.59. The van der Waals surface area contributed by atoms with Gasteiger partial charge in [-0.15, -0.1) is 0 Å². The first kappa shape index (κ1) is 21.4.